The number of carbonyl (C=O) groups excluding carboxylic acids is 1. The van der Waals surface area contributed by atoms with E-state index in [0.717, 1.165) is 35.9 Å². The summed E-state index contributed by atoms with van der Waals surface area (Å²) in [6.45, 7) is 1.77. The number of amides is 1. The quantitative estimate of drug-likeness (QED) is 0.585. The molecule has 1 fully saturated rings. The summed E-state index contributed by atoms with van der Waals surface area (Å²) in [5, 5.41) is 0.933. The van der Waals surface area contributed by atoms with E-state index in [2.05, 4.69) is 4.98 Å². The highest BCUT2D eigenvalue weighted by atomic mass is 19.4. The number of benzene rings is 2. The first-order valence-corrected chi connectivity index (χ1v) is 9.20. The molecular weight excluding hydrogens is 365 g/mol. The van der Waals surface area contributed by atoms with Gasteiger partial charge in [0.1, 0.15) is 5.69 Å². The third kappa shape index (κ3) is 3.59. The second kappa shape index (κ2) is 6.93. The summed E-state index contributed by atoms with van der Waals surface area (Å²) >= 11 is 0. The molecule has 144 valence electrons. The Kier molecular flexibility index (Phi) is 4.57. The number of fused-ring (bicyclic) bond motifs is 1. The normalized spacial score (nSPS) is 15.4. The van der Waals surface area contributed by atoms with Crippen LogP contribution in [0.3, 0.4) is 0 Å². The molecule has 0 saturated heterocycles. The minimum absolute atomic E-state index is 0.0327. The summed E-state index contributed by atoms with van der Waals surface area (Å²) in [6, 6.07) is 15.8. The number of carbonyl (C=O) groups is 1. The molecule has 1 aliphatic rings. The van der Waals surface area contributed by atoms with Crippen LogP contribution in [0.2, 0.25) is 0 Å². The maximum atomic E-state index is 13.2. The standard InChI is InChI=1S/C22H19F3N2O/c1-14(16-6-4-7-17(13-16)22(23,24)25)27(18-10-11-18)21(28)20-12-9-15-5-2-3-8-19(15)26-20/h2-9,12-14,18H,10-11H2,1H3. The number of alkyl halides is 3. The molecular formula is C22H19F3N2O. The van der Waals surface area contributed by atoms with Crippen LogP contribution in [0.15, 0.2) is 60.7 Å². The highest BCUT2D eigenvalue weighted by molar-refractivity contribution is 5.95. The summed E-state index contributed by atoms with van der Waals surface area (Å²) in [7, 11) is 0. The van der Waals surface area contributed by atoms with Gasteiger partial charge in [-0.25, -0.2) is 4.98 Å². The highest BCUT2D eigenvalue weighted by Gasteiger charge is 2.38. The van der Waals surface area contributed by atoms with Gasteiger partial charge in [0.25, 0.3) is 5.91 Å². The van der Waals surface area contributed by atoms with Gasteiger partial charge in [-0.2, -0.15) is 13.2 Å². The molecule has 3 aromatic rings. The van der Waals surface area contributed by atoms with E-state index in [0.29, 0.717) is 11.3 Å². The molecule has 2 aromatic carbocycles. The molecule has 1 atom stereocenters. The molecule has 0 spiro atoms. The van der Waals surface area contributed by atoms with Crippen LogP contribution in [-0.2, 0) is 6.18 Å². The fraction of sp³-hybridized carbons (Fsp3) is 0.273. The van der Waals surface area contributed by atoms with E-state index in [-0.39, 0.29) is 11.9 Å². The lowest BCUT2D eigenvalue weighted by molar-refractivity contribution is -0.137. The lowest BCUT2D eigenvalue weighted by Gasteiger charge is -2.30. The van der Waals surface area contributed by atoms with Crippen molar-refractivity contribution in [2.45, 2.75) is 38.0 Å². The molecule has 0 radical (unpaired) electrons. The lowest BCUT2D eigenvalue weighted by Crippen LogP contribution is -2.36. The van der Waals surface area contributed by atoms with E-state index in [4.69, 9.17) is 0 Å². The molecule has 0 N–H and O–H groups in total. The number of halogens is 3. The van der Waals surface area contributed by atoms with Gasteiger partial charge in [0, 0.05) is 11.4 Å². The van der Waals surface area contributed by atoms with Crippen molar-refractivity contribution in [3.63, 3.8) is 0 Å². The SMILES string of the molecule is CC(c1cccc(C(F)(F)F)c1)N(C(=O)c1ccc2ccccc2n1)C1CC1. The Morgan fingerprint density at radius 3 is 2.54 bits per heavy atom. The Morgan fingerprint density at radius 1 is 1.07 bits per heavy atom. The van der Waals surface area contributed by atoms with Crippen LogP contribution in [0.25, 0.3) is 10.9 Å². The zero-order valence-corrected chi connectivity index (χ0v) is 15.3. The fourth-order valence-electron chi connectivity index (χ4n) is 3.46. The number of aromatic nitrogens is 1. The van der Waals surface area contributed by atoms with Gasteiger partial charge in [0.05, 0.1) is 17.1 Å². The van der Waals surface area contributed by atoms with Gasteiger partial charge >= 0.3 is 6.18 Å². The molecule has 1 heterocycles. The molecule has 1 amide bonds. The molecule has 1 unspecified atom stereocenters. The van der Waals surface area contributed by atoms with Gasteiger partial charge in [0.2, 0.25) is 0 Å². The number of hydrogen-bond donors (Lipinski definition) is 0. The number of para-hydroxylation sites is 1. The van der Waals surface area contributed by atoms with Crippen LogP contribution in [0.5, 0.6) is 0 Å². The van der Waals surface area contributed by atoms with Gasteiger partial charge in [-0.15, -0.1) is 0 Å². The van der Waals surface area contributed by atoms with Crippen molar-refractivity contribution in [3.05, 3.63) is 77.5 Å². The van der Waals surface area contributed by atoms with Crippen molar-refractivity contribution in [2.24, 2.45) is 0 Å². The Hall–Kier alpha value is -2.89. The van der Waals surface area contributed by atoms with E-state index in [1.54, 1.807) is 24.0 Å². The van der Waals surface area contributed by atoms with Crippen LogP contribution in [0, 0.1) is 0 Å². The first-order valence-electron chi connectivity index (χ1n) is 9.20. The predicted molar refractivity (Wildman–Crippen MR) is 101 cm³/mol. The lowest BCUT2D eigenvalue weighted by atomic mass is 10.0. The monoisotopic (exact) mass is 384 g/mol. The first kappa shape index (κ1) is 18.5. The second-order valence-corrected chi connectivity index (χ2v) is 7.13. The third-order valence-corrected chi connectivity index (χ3v) is 5.11. The Morgan fingerprint density at radius 2 is 1.82 bits per heavy atom. The minimum Gasteiger partial charge on any atom is -0.328 e. The molecule has 3 nitrogen and oxygen atoms in total. The molecule has 1 aromatic heterocycles. The van der Waals surface area contributed by atoms with E-state index in [1.807, 2.05) is 30.3 Å². The highest BCUT2D eigenvalue weighted by Crippen LogP contribution is 2.37. The molecule has 0 bridgehead atoms. The molecule has 0 aliphatic heterocycles. The summed E-state index contributed by atoms with van der Waals surface area (Å²) < 4.78 is 39.3. The summed E-state index contributed by atoms with van der Waals surface area (Å²) in [5.41, 5.74) is 0.792. The topological polar surface area (TPSA) is 33.2 Å². The minimum atomic E-state index is -4.41. The van der Waals surface area contributed by atoms with E-state index in [1.165, 1.54) is 6.07 Å². The van der Waals surface area contributed by atoms with Gasteiger partial charge < -0.3 is 4.90 Å². The average Bonchev–Trinajstić information content (AvgIpc) is 3.52. The van der Waals surface area contributed by atoms with Crippen molar-refractivity contribution < 1.29 is 18.0 Å². The van der Waals surface area contributed by atoms with Crippen molar-refractivity contribution in [1.29, 1.82) is 0 Å². The smallest absolute Gasteiger partial charge is 0.328 e. The first-order chi connectivity index (χ1) is 13.3. The van der Waals surface area contributed by atoms with Crippen molar-refractivity contribution >= 4 is 16.8 Å². The van der Waals surface area contributed by atoms with Gasteiger partial charge in [-0.3, -0.25) is 4.79 Å². The third-order valence-electron chi connectivity index (χ3n) is 5.11. The maximum absolute atomic E-state index is 13.2. The van der Waals surface area contributed by atoms with Crippen LogP contribution in [0.4, 0.5) is 13.2 Å². The van der Waals surface area contributed by atoms with E-state index in [9.17, 15) is 18.0 Å². The van der Waals surface area contributed by atoms with E-state index < -0.39 is 17.8 Å². The molecule has 1 saturated carbocycles. The van der Waals surface area contributed by atoms with Crippen LogP contribution < -0.4 is 0 Å². The van der Waals surface area contributed by atoms with Gasteiger partial charge in [-0.1, -0.05) is 36.4 Å². The van der Waals surface area contributed by atoms with E-state index >= 15 is 0 Å². The fourth-order valence-corrected chi connectivity index (χ4v) is 3.46. The van der Waals surface area contributed by atoms with Gasteiger partial charge in [-0.05, 0) is 49.6 Å². The molecule has 6 heteroatoms. The zero-order valence-electron chi connectivity index (χ0n) is 15.3. The van der Waals surface area contributed by atoms with Crippen molar-refractivity contribution in [1.82, 2.24) is 9.88 Å². The van der Waals surface area contributed by atoms with Crippen molar-refractivity contribution in [3.8, 4) is 0 Å². The van der Waals surface area contributed by atoms with Crippen LogP contribution in [-0.4, -0.2) is 21.8 Å². The molecule has 28 heavy (non-hydrogen) atoms. The number of pyridine rings is 1. The van der Waals surface area contributed by atoms with Gasteiger partial charge in [0.15, 0.2) is 0 Å². The number of nitrogens with zero attached hydrogens (tertiary/aromatic N) is 2. The number of hydrogen-bond acceptors (Lipinski definition) is 2. The summed E-state index contributed by atoms with van der Waals surface area (Å²) in [4.78, 5) is 19.3. The Bertz CT molecular complexity index is 1030. The Labute approximate surface area is 160 Å². The second-order valence-electron chi connectivity index (χ2n) is 7.13. The summed E-state index contributed by atoms with van der Waals surface area (Å²) in [5.74, 6) is -0.252. The average molecular weight is 384 g/mol. The predicted octanol–water partition coefficient (Wildman–Crippen LogP) is 5.62. The molecule has 1 aliphatic carbocycles. The van der Waals surface area contributed by atoms with Crippen molar-refractivity contribution in [2.75, 3.05) is 0 Å². The molecule has 4 rings (SSSR count). The zero-order chi connectivity index (χ0) is 19.9. The largest absolute Gasteiger partial charge is 0.416 e. The number of rotatable bonds is 4. The Balaban J connectivity index is 1.67. The van der Waals surface area contributed by atoms with Crippen LogP contribution in [0.1, 0.15) is 47.4 Å². The van der Waals surface area contributed by atoms with Crippen LogP contribution >= 0.6 is 0 Å². The summed E-state index contributed by atoms with van der Waals surface area (Å²) in [6.07, 6.45) is -2.71. The maximum Gasteiger partial charge on any atom is 0.416 e.